The molecule has 0 fully saturated rings. The Bertz CT molecular complexity index is 1150. The Morgan fingerprint density at radius 3 is 2.55 bits per heavy atom. The van der Waals surface area contributed by atoms with Gasteiger partial charge in [-0.3, -0.25) is 9.59 Å². The van der Waals surface area contributed by atoms with E-state index in [1.54, 1.807) is 36.7 Å². The number of anilines is 3. The number of hydrogen-bond donors (Lipinski definition) is 3. The molecule has 0 radical (unpaired) electrons. The van der Waals surface area contributed by atoms with E-state index in [1.165, 1.54) is 23.8 Å². The number of nitrogens with one attached hydrogen (secondary N) is 3. The van der Waals surface area contributed by atoms with E-state index in [1.807, 2.05) is 13.8 Å². The topological polar surface area (TPSA) is 139 Å². The van der Waals surface area contributed by atoms with Crippen LogP contribution in [0.2, 0.25) is 0 Å². The third-order valence-corrected chi connectivity index (χ3v) is 5.30. The lowest BCUT2D eigenvalue weighted by molar-refractivity contribution is -0.113. The molecule has 0 aliphatic carbocycles. The molecule has 33 heavy (non-hydrogen) atoms. The largest absolute Gasteiger partial charge is 0.495 e. The Labute approximate surface area is 195 Å². The average Bonchev–Trinajstić information content (AvgIpc) is 3.20. The summed E-state index contributed by atoms with van der Waals surface area (Å²) in [5.41, 5.74) is 0.852. The van der Waals surface area contributed by atoms with Crippen molar-refractivity contribution < 1.29 is 14.3 Å². The van der Waals surface area contributed by atoms with Crippen molar-refractivity contribution >= 4 is 46.9 Å². The van der Waals surface area contributed by atoms with Gasteiger partial charge in [0.15, 0.2) is 5.16 Å². The number of carbonyl (C=O) groups excluding carboxylic acids is 2. The number of hydrogen-bond acceptors (Lipinski definition) is 10. The van der Waals surface area contributed by atoms with Crippen molar-refractivity contribution in [3.63, 3.8) is 0 Å². The van der Waals surface area contributed by atoms with Gasteiger partial charge in [-0.1, -0.05) is 11.8 Å². The molecule has 3 N–H and O–H groups in total. The molecule has 1 aromatic carbocycles. The van der Waals surface area contributed by atoms with Gasteiger partial charge in [-0.2, -0.15) is 9.97 Å². The first-order valence-electron chi connectivity index (χ1n) is 10.3. The number of methoxy groups -OCH3 is 1. The van der Waals surface area contributed by atoms with Crippen LogP contribution in [0.1, 0.15) is 24.2 Å². The minimum atomic E-state index is -0.292. The summed E-state index contributed by atoms with van der Waals surface area (Å²) in [5, 5.41) is 17.8. The number of thioether (sulfide) groups is 1. The van der Waals surface area contributed by atoms with Gasteiger partial charge < -0.3 is 25.6 Å². The number of carbonyl (C=O) groups is 2. The smallest absolute Gasteiger partial charge is 0.261 e. The Morgan fingerprint density at radius 1 is 1.12 bits per heavy atom. The SMILES string of the molecule is CCNc1nc(NCC)n2c(SCC(=O)Nc3cc(C(=O)N(C)C)ccc3OC)nnc2n1. The molecule has 0 unspecified atom stereocenters. The lowest BCUT2D eigenvalue weighted by atomic mass is 10.1. The highest BCUT2D eigenvalue weighted by atomic mass is 32.2. The minimum Gasteiger partial charge on any atom is -0.495 e. The highest BCUT2D eigenvalue weighted by molar-refractivity contribution is 7.99. The molecule has 0 saturated heterocycles. The van der Waals surface area contributed by atoms with Gasteiger partial charge in [0.2, 0.25) is 17.8 Å². The van der Waals surface area contributed by atoms with Crippen LogP contribution in [0.25, 0.3) is 5.78 Å². The maximum atomic E-state index is 12.7. The third-order valence-electron chi connectivity index (χ3n) is 4.37. The molecule has 2 aromatic heterocycles. The lowest BCUT2D eigenvalue weighted by Crippen LogP contribution is -2.22. The second kappa shape index (κ2) is 10.8. The average molecular weight is 474 g/mol. The number of nitrogens with zero attached hydrogens (tertiary/aromatic N) is 6. The van der Waals surface area contributed by atoms with Crippen molar-refractivity contribution in [3.05, 3.63) is 23.8 Å². The quantitative estimate of drug-likeness (QED) is 0.374. The van der Waals surface area contributed by atoms with Gasteiger partial charge in [0, 0.05) is 32.7 Å². The van der Waals surface area contributed by atoms with Crippen molar-refractivity contribution in [1.82, 2.24) is 29.5 Å². The normalized spacial score (nSPS) is 10.7. The first-order valence-corrected chi connectivity index (χ1v) is 11.3. The highest BCUT2D eigenvalue weighted by Crippen LogP contribution is 2.27. The molecule has 0 saturated carbocycles. The summed E-state index contributed by atoms with van der Waals surface area (Å²) < 4.78 is 6.99. The molecular formula is C20H27N9O3S. The van der Waals surface area contributed by atoms with Crippen molar-refractivity contribution in [2.24, 2.45) is 0 Å². The Hall–Kier alpha value is -3.61. The zero-order valence-electron chi connectivity index (χ0n) is 19.2. The molecule has 3 rings (SSSR count). The Morgan fingerprint density at radius 2 is 1.88 bits per heavy atom. The van der Waals surface area contributed by atoms with E-state index in [0.29, 0.717) is 52.9 Å². The third kappa shape index (κ3) is 5.61. The minimum absolute atomic E-state index is 0.0519. The molecule has 12 nitrogen and oxygen atoms in total. The predicted octanol–water partition coefficient (Wildman–Crippen LogP) is 1.82. The van der Waals surface area contributed by atoms with E-state index < -0.39 is 0 Å². The second-order valence-electron chi connectivity index (χ2n) is 7.00. The number of ether oxygens (including phenoxy) is 1. The van der Waals surface area contributed by atoms with Gasteiger partial charge in [-0.15, -0.1) is 10.2 Å². The molecule has 0 aliphatic rings. The van der Waals surface area contributed by atoms with Crippen LogP contribution in [0.4, 0.5) is 17.6 Å². The fourth-order valence-corrected chi connectivity index (χ4v) is 3.64. The van der Waals surface area contributed by atoms with E-state index in [-0.39, 0.29) is 17.6 Å². The maximum Gasteiger partial charge on any atom is 0.261 e. The number of aromatic nitrogens is 5. The van der Waals surface area contributed by atoms with E-state index in [4.69, 9.17) is 4.74 Å². The summed E-state index contributed by atoms with van der Waals surface area (Å²) in [6, 6.07) is 4.89. The Kier molecular flexibility index (Phi) is 7.87. The molecule has 2 amide bonds. The van der Waals surface area contributed by atoms with Gasteiger partial charge >= 0.3 is 0 Å². The van der Waals surface area contributed by atoms with Gasteiger partial charge in [0.1, 0.15) is 5.75 Å². The zero-order chi connectivity index (χ0) is 24.0. The van der Waals surface area contributed by atoms with Crippen LogP contribution in [-0.4, -0.2) is 81.3 Å². The van der Waals surface area contributed by atoms with Crippen LogP contribution in [0, 0.1) is 0 Å². The van der Waals surface area contributed by atoms with E-state index in [2.05, 4.69) is 36.1 Å². The fraction of sp³-hybridized carbons (Fsp3) is 0.400. The van der Waals surface area contributed by atoms with Crippen molar-refractivity contribution in [1.29, 1.82) is 0 Å². The molecule has 13 heteroatoms. The van der Waals surface area contributed by atoms with E-state index >= 15 is 0 Å². The summed E-state index contributed by atoms with van der Waals surface area (Å²) in [5.74, 6) is 1.39. The Balaban J connectivity index is 1.77. The predicted molar refractivity (Wildman–Crippen MR) is 127 cm³/mol. The highest BCUT2D eigenvalue weighted by Gasteiger charge is 2.17. The first kappa shape index (κ1) is 24.0. The summed E-state index contributed by atoms with van der Waals surface area (Å²) in [6.07, 6.45) is 0. The standard InChI is InChI=1S/C20H27N9O3S/c1-6-21-17-24-18(22-7-2)29-19(25-17)26-27-20(29)33-11-15(30)23-13-10-12(16(31)28(3)4)8-9-14(13)32-5/h8-10H,6-7,11H2,1-5H3,(H,23,30)(H2,21,22,24,25,26). The van der Waals surface area contributed by atoms with Gasteiger partial charge in [0.05, 0.1) is 18.6 Å². The van der Waals surface area contributed by atoms with Gasteiger partial charge in [-0.25, -0.2) is 4.40 Å². The molecule has 0 spiro atoms. The van der Waals surface area contributed by atoms with Crippen LogP contribution in [0.3, 0.4) is 0 Å². The van der Waals surface area contributed by atoms with Crippen LogP contribution < -0.4 is 20.7 Å². The number of fused-ring (bicyclic) bond motifs is 1. The molecule has 0 bridgehead atoms. The van der Waals surface area contributed by atoms with Crippen LogP contribution >= 0.6 is 11.8 Å². The second-order valence-corrected chi connectivity index (χ2v) is 7.94. The van der Waals surface area contributed by atoms with E-state index in [9.17, 15) is 9.59 Å². The van der Waals surface area contributed by atoms with Crippen molar-refractivity contribution in [3.8, 4) is 5.75 Å². The summed E-state index contributed by atoms with van der Waals surface area (Å²) in [6.45, 7) is 5.21. The van der Waals surface area contributed by atoms with E-state index in [0.717, 1.165) is 0 Å². The fourth-order valence-electron chi connectivity index (χ4n) is 2.91. The lowest BCUT2D eigenvalue weighted by Gasteiger charge is -2.14. The molecular weight excluding hydrogens is 446 g/mol. The molecule has 0 aliphatic heterocycles. The van der Waals surface area contributed by atoms with Gasteiger partial charge in [0.25, 0.3) is 11.7 Å². The summed E-state index contributed by atoms with van der Waals surface area (Å²) in [7, 11) is 4.83. The number of amides is 2. The summed E-state index contributed by atoms with van der Waals surface area (Å²) in [4.78, 5) is 35.2. The monoisotopic (exact) mass is 473 g/mol. The van der Waals surface area contributed by atoms with Crippen molar-refractivity contribution in [2.45, 2.75) is 19.0 Å². The van der Waals surface area contributed by atoms with Crippen LogP contribution in [-0.2, 0) is 4.79 Å². The van der Waals surface area contributed by atoms with Crippen LogP contribution in [0.15, 0.2) is 23.4 Å². The van der Waals surface area contributed by atoms with Crippen molar-refractivity contribution in [2.75, 3.05) is 56.0 Å². The molecule has 0 atom stereocenters. The molecule has 3 aromatic rings. The zero-order valence-corrected chi connectivity index (χ0v) is 20.0. The molecule has 176 valence electrons. The number of benzene rings is 1. The first-order chi connectivity index (χ1) is 15.9. The van der Waals surface area contributed by atoms with Crippen LogP contribution in [0.5, 0.6) is 5.75 Å². The number of rotatable bonds is 10. The van der Waals surface area contributed by atoms with Gasteiger partial charge in [-0.05, 0) is 32.0 Å². The maximum absolute atomic E-state index is 12.7. The summed E-state index contributed by atoms with van der Waals surface area (Å²) >= 11 is 1.19. The molecule has 2 heterocycles.